The van der Waals surface area contributed by atoms with Gasteiger partial charge in [-0.3, -0.25) is 4.79 Å². The molecule has 1 amide bonds. The Kier molecular flexibility index (Phi) is 34.4. The number of hydrogen-bond donors (Lipinski definition) is 3. The van der Waals surface area contributed by atoms with Gasteiger partial charge in [0.05, 0.1) is 18.8 Å². The summed E-state index contributed by atoms with van der Waals surface area (Å²) in [5.74, 6) is -0.0283. The lowest BCUT2D eigenvalue weighted by atomic mass is 10.0. The first kappa shape index (κ1) is 41.4. The van der Waals surface area contributed by atoms with Crippen molar-refractivity contribution in [2.24, 2.45) is 0 Å². The van der Waals surface area contributed by atoms with Gasteiger partial charge in [0.2, 0.25) is 5.91 Å². The van der Waals surface area contributed by atoms with Crippen LogP contribution >= 0.6 is 0 Å². The van der Waals surface area contributed by atoms with E-state index < -0.39 is 12.1 Å². The molecule has 3 N–H and O–H groups in total. The minimum Gasteiger partial charge on any atom is -0.394 e. The molecule has 42 heavy (non-hydrogen) atoms. The Balaban J connectivity index is 3.51. The van der Waals surface area contributed by atoms with Gasteiger partial charge in [-0.05, 0) is 12.8 Å². The first-order valence-electron chi connectivity index (χ1n) is 19.2. The summed E-state index contributed by atoms with van der Waals surface area (Å²) in [6, 6.07) is -0.527. The third-order valence-electron chi connectivity index (χ3n) is 9.12. The summed E-state index contributed by atoms with van der Waals surface area (Å²) in [6.07, 6.45) is 40.1. The van der Waals surface area contributed by atoms with Crippen molar-refractivity contribution >= 4 is 5.91 Å². The van der Waals surface area contributed by atoms with E-state index in [0.717, 1.165) is 25.7 Å². The topological polar surface area (TPSA) is 69.6 Å². The van der Waals surface area contributed by atoms with E-state index in [2.05, 4.69) is 19.2 Å². The highest BCUT2D eigenvalue weighted by Crippen LogP contribution is 2.16. The van der Waals surface area contributed by atoms with E-state index in [1.807, 2.05) is 0 Å². The molecule has 0 aromatic heterocycles. The number of carbonyl (C=O) groups excluding carboxylic acids is 1. The molecule has 0 spiro atoms. The molecule has 4 nitrogen and oxygen atoms in total. The maximum atomic E-state index is 12.3. The Labute approximate surface area is 264 Å². The SMILES string of the molecule is CCCCCCCCCCCCCCCCCCC(=O)NC(CO)C(O)CCCCCCCCCCCCCCCC. The van der Waals surface area contributed by atoms with Gasteiger partial charge in [0.25, 0.3) is 0 Å². The highest BCUT2D eigenvalue weighted by atomic mass is 16.3. The Hall–Kier alpha value is -0.610. The molecule has 0 saturated carbocycles. The van der Waals surface area contributed by atoms with Crippen molar-refractivity contribution in [3.8, 4) is 0 Å². The molecule has 0 heterocycles. The number of unbranched alkanes of at least 4 members (excludes halogenated alkanes) is 28. The van der Waals surface area contributed by atoms with Gasteiger partial charge >= 0.3 is 0 Å². The van der Waals surface area contributed by atoms with Crippen LogP contribution in [0.15, 0.2) is 0 Å². The van der Waals surface area contributed by atoms with E-state index in [-0.39, 0.29) is 12.5 Å². The highest BCUT2D eigenvalue weighted by Gasteiger charge is 2.19. The molecule has 0 aliphatic carbocycles. The van der Waals surface area contributed by atoms with Gasteiger partial charge in [-0.15, -0.1) is 0 Å². The van der Waals surface area contributed by atoms with Crippen molar-refractivity contribution in [1.29, 1.82) is 0 Å². The molecule has 0 aliphatic heterocycles. The van der Waals surface area contributed by atoms with E-state index in [1.54, 1.807) is 0 Å². The fraction of sp³-hybridized carbons (Fsp3) is 0.974. The third-order valence-corrected chi connectivity index (χ3v) is 9.12. The molecule has 2 atom stereocenters. The quantitative estimate of drug-likeness (QED) is 0.0638. The molecule has 0 saturated heterocycles. The molecular weight excluding hydrogens is 518 g/mol. The maximum absolute atomic E-state index is 12.3. The fourth-order valence-electron chi connectivity index (χ4n) is 6.13. The molecule has 0 bridgehead atoms. The fourth-order valence-corrected chi connectivity index (χ4v) is 6.13. The average Bonchev–Trinajstić information content (AvgIpc) is 2.99. The molecule has 0 fully saturated rings. The Bertz CT molecular complexity index is 526. The van der Waals surface area contributed by atoms with Crippen molar-refractivity contribution in [2.75, 3.05) is 6.61 Å². The molecule has 0 aliphatic rings. The molecule has 4 heteroatoms. The van der Waals surface area contributed by atoms with E-state index in [0.29, 0.717) is 12.8 Å². The van der Waals surface area contributed by atoms with Crippen molar-refractivity contribution in [1.82, 2.24) is 5.32 Å². The van der Waals surface area contributed by atoms with Crippen molar-refractivity contribution in [3.63, 3.8) is 0 Å². The van der Waals surface area contributed by atoms with Crippen LogP contribution in [0.2, 0.25) is 0 Å². The Morgan fingerprint density at radius 1 is 0.476 bits per heavy atom. The van der Waals surface area contributed by atoms with Crippen LogP contribution in [-0.2, 0) is 4.79 Å². The molecular formula is C38H77NO3. The predicted octanol–water partition coefficient (Wildman–Crippen LogP) is 11.3. The summed E-state index contributed by atoms with van der Waals surface area (Å²) in [5.41, 5.74) is 0. The predicted molar refractivity (Wildman–Crippen MR) is 184 cm³/mol. The first-order chi connectivity index (χ1) is 20.7. The summed E-state index contributed by atoms with van der Waals surface area (Å²) in [5, 5.41) is 23.1. The normalized spacial score (nSPS) is 13.0. The highest BCUT2D eigenvalue weighted by molar-refractivity contribution is 5.76. The van der Waals surface area contributed by atoms with E-state index >= 15 is 0 Å². The average molecular weight is 596 g/mol. The zero-order valence-corrected chi connectivity index (χ0v) is 28.8. The van der Waals surface area contributed by atoms with Crippen LogP contribution in [0.1, 0.15) is 219 Å². The van der Waals surface area contributed by atoms with Gasteiger partial charge in [0.15, 0.2) is 0 Å². The standard InChI is InChI=1S/C38H77NO3/c1-3-5-7-9-11-13-15-17-19-20-22-24-26-28-30-32-34-38(42)39-36(35-40)37(41)33-31-29-27-25-23-21-18-16-14-12-10-8-6-4-2/h36-37,40-41H,3-35H2,1-2H3,(H,39,42). The number of aliphatic hydroxyl groups excluding tert-OH is 2. The van der Waals surface area contributed by atoms with Gasteiger partial charge in [0.1, 0.15) is 0 Å². The maximum Gasteiger partial charge on any atom is 0.220 e. The molecule has 0 radical (unpaired) electrons. The zero-order chi connectivity index (χ0) is 30.8. The van der Waals surface area contributed by atoms with Crippen LogP contribution < -0.4 is 5.32 Å². The zero-order valence-electron chi connectivity index (χ0n) is 28.8. The Morgan fingerprint density at radius 2 is 0.762 bits per heavy atom. The van der Waals surface area contributed by atoms with Gasteiger partial charge in [-0.1, -0.05) is 200 Å². The summed E-state index contributed by atoms with van der Waals surface area (Å²) in [6.45, 7) is 4.37. The summed E-state index contributed by atoms with van der Waals surface area (Å²) in [7, 11) is 0. The van der Waals surface area contributed by atoms with Gasteiger partial charge in [-0.2, -0.15) is 0 Å². The van der Waals surface area contributed by atoms with Crippen molar-refractivity contribution in [2.45, 2.75) is 231 Å². The van der Waals surface area contributed by atoms with Gasteiger partial charge in [0, 0.05) is 6.42 Å². The second-order valence-electron chi connectivity index (χ2n) is 13.4. The number of aliphatic hydroxyl groups is 2. The number of hydrogen-bond acceptors (Lipinski definition) is 3. The van der Waals surface area contributed by atoms with Crippen LogP contribution in [0.25, 0.3) is 0 Å². The first-order valence-corrected chi connectivity index (χ1v) is 19.2. The summed E-state index contributed by atoms with van der Waals surface area (Å²) < 4.78 is 0. The number of rotatable bonds is 35. The van der Waals surface area contributed by atoms with Crippen LogP contribution in [0.3, 0.4) is 0 Å². The monoisotopic (exact) mass is 596 g/mol. The van der Waals surface area contributed by atoms with E-state index in [9.17, 15) is 15.0 Å². The molecule has 0 aromatic carbocycles. The van der Waals surface area contributed by atoms with E-state index in [4.69, 9.17) is 0 Å². The van der Waals surface area contributed by atoms with Gasteiger partial charge < -0.3 is 15.5 Å². The second-order valence-corrected chi connectivity index (χ2v) is 13.4. The second kappa shape index (κ2) is 34.9. The lowest BCUT2D eigenvalue weighted by Crippen LogP contribution is -2.45. The minimum atomic E-state index is -0.651. The van der Waals surface area contributed by atoms with Gasteiger partial charge in [-0.25, -0.2) is 0 Å². The smallest absolute Gasteiger partial charge is 0.220 e. The molecule has 0 rings (SSSR count). The number of amides is 1. The summed E-state index contributed by atoms with van der Waals surface area (Å²) >= 11 is 0. The van der Waals surface area contributed by atoms with Crippen LogP contribution in [0, 0.1) is 0 Å². The van der Waals surface area contributed by atoms with Crippen LogP contribution in [-0.4, -0.2) is 34.9 Å². The third kappa shape index (κ3) is 30.8. The van der Waals surface area contributed by atoms with Crippen LogP contribution in [0.5, 0.6) is 0 Å². The molecule has 252 valence electrons. The lowest BCUT2D eigenvalue weighted by molar-refractivity contribution is -0.123. The Morgan fingerprint density at radius 3 is 1.07 bits per heavy atom. The van der Waals surface area contributed by atoms with Crippen molar-refractivity contribution in [3.05, 3.63) is 0 Å². The van der Waals surface area contributed by atoms with E-state index in [1.165, 1.54) is 167 Å². The minimum absolute atomic E-state index is 0.0283. The lowest BCUT2D eigenvalue weighted by Gasteiger charge is -2.22. The number of nitrogens with one attached hydrogen (secondary N) is 1. The number of carbonyl (C=O) groups is 1. The summed E-state index contributed by atoms with van der Waals surface area (Å²) in [4.78, 5) is 12.3. The largest absolute Gasteiger partial charge is 0.394 e. The molecule has 2 unspecified atom stereocenters. The van der Waals surface area contributed by atoms with Crippen molar-refractivity contribution < 1.29 is 15.0 Å². The van der Waals surface area contributed by atoms with Crippen LogP contribution in [0.4, 0.5) is 0 Å². The molecule has 0 aromatic rings.